The van der Waals surface area contributed by atoms with Gasteiger partial charge in [-0.05, 0) is 24.8 Å². The third-order valence-electron chi connectivity index (χ3n) is 4.99. The van der Waals surface area contributed by atoms with Crippen LogP contribution >= 0.6 is 0 Å². The van der Waals surface area contributed by atoms with Gasteiger partial charge in [-0.1, -0.05) is 51.1 Å². The summed E-state index contributed by atoms with van der Waals surface area (Å²) in [5.74, 6) is 1.18. The summed E-state index contributed by atoms with van der Waals surface area (Å²) in [6.07, 6.45) is 5.78. The number of piperidine rings is 1. The van der Waals surface area contributed by atoms with Crippen LogP contribution in [0.1, 0.15) is 45.7 Å². The Labute approximate surface area is 149 Å². The van der Waals surface area contributed by atoms with E-state index in [2.05, 4.69) is 56.0 Å². The van der Waals surface area contributed by atoms with E-state index in [1.165, 1.54) is 30.6 Å². The monoisotopic (exact) mass is 334 g/mol. The molecular weight excluding hydrogens is 308 g/mol. The van der Waals surface area contributed by atoms with Crippen LogP contribution in [-0.2, 0) is 5.41 Å². The number of fused-ring (bicyclic) bond motifs is 1. The molecule has 4 rings (SSSR count). The van der Waals surface area contributed by atoms with Crippen LogP contribution in [0.15, 0.2) is 42.6 Å². The lowest BCUT2D eigenvalue weighted by molar-refractivity contribution is 0.553. The first-order valence-electron chi connectivity index (χ1n) is 9.24. The van der Waals surface area contributed by atoms with Gasteiger partial charge in [0.2, 0.25) is 0 Å². The van der Waals surface area contributed by atoms with E-state index in [0.29, 0.717) is 0 Å². The first-order valence-corrected chi connectivity index (χ1v) is 9.24. The Morgan fingerprint density at radius 2 is 1.68 bits per heavy atom. The Hall–Kier alpha value is -2.36. The van der Waals surface area contributed by atoms with Gasteiger partial charge in [0.05, 0.1) is 11.9 Å². The maximum atomic E-state index is 5.01. The third kappa shape index (κ3) is 3.01. The summed E-state index contributed by atoms with van der Waals surface area (Å²) >= 11 is 0. The molecule has 1 aliphatic heterocycles. The molecule has 130 valence electrons. The number of benzene rings is 1. The number of aromatic nitrogens is 3. The molecule has 0 spiro atoms. The fraction of sp³-hybridized carbons (Fsp3) is 0.429. The molecule has 1 fully saturated rings. The number of nitrogens with zero attached hydrogens (tertiary/aromatic N) is 4. The highest BCUT2D eigenvalue weighted by Crippen LogP contribution is 2.31. The lowest BCUT2D eigenvalue weighted by Crippen LogP contribution is -2.32. The van der Waals surface area contributed by atoms with Gasteiger partial charge in [0.1, 0.15) is 5.82 Å². The van der Waals surface area contributed by atoms with Crippen molar-refractivity contribution >= 4 is 11.5 Å². The molecule has 1 aromatic carbocycles. The fourth-order valence-corrected chi connectivity index (χ4v) is 3.50. The molecular formula is C21H26N4. The van der Waals surface area contributed by atoms with E-state index in [1.54, 1.807) is 0 Å². The van der Waals surface area contributed by atoms with Gasteiger partial charge >= 0.3 is 0 Å². The lowest BCUT2D eigenvalue weighted by atomic mass is 9.91. The number of hydrogen-bond donors (Lipinski definition) is 0. The van der Waals surface area contributed by atoms with Crippen LogP contribution in [0, 0.1) is 0 Å². The van der Waals surface area contributed by atoms with Gasteiger partial charge in [0, 0.05) is 30.1 Å². The van der Waals surface area contributed by atoms with Crippen LogP contribution in [0.3, 0.4) is 0 Å². The Morgan fingerprint density at radius 3 is 2.36 bits per heavy atom. The molecule has 0 N–H and O–H groups in total. The van der Waals surface area contributed by atoms with E-state index in [4.69, 9.17) is 10.1 Å². The highest BCUT2D eigenvalue weighted by Gasteiger charge is 2.23. The standard InChI is InChI=1S/C21H26N4/c1-21(2,3)18-14-19(24-12-8-5-9-13-24)25-20(23-18)17(15-22-25)16-10-6-4-7-11-16/h4,6-7,10-11,14-15H,5,8-9,12-13H2,1-3H3. The molecule has 0 radical (unpaired) electrons. The zero-order chi connectivity index (χ0) is 17.4. The highest BCUT2D eigenvalue weighted by atomic mass is 15.3. The number of rotatable bonds is 2. The average molecular weight is 334 g/mol. The zero-order valence-electron chi connectivity index (χ0n) is 15.4. The lowest BCUT2D eigenvalue weighted by Gasteiger charge is -2.30. The Morgan fingerprint density at radius 1 is 0.960 bits per heavy atom. The quantitative estimate of drug-likeness (QED) is 0.682. The van der Waals surface area contributed by atoms with Gasteiger partial charge < -0.3 is 4.90 Å². The summed E-state index contributed by atoms with van der Waals surface area (Å²) in [7, 11) is 0. The average Bonchev–Trinajstić information content (AvgIpc) is 3.06. The maximum absolute atomic E-state index is 5.01. The summed E-state index contributed by atoms with van der Waals surface area (Å²) in [5, 5.41) is 4.71. The van der Waals surface area contributed by atoms with Gasteiger partial charge in [-0.25, -0.2) is 4.98 Å². The van der Waals surface area contributed by atoms with Crippen molar-refractivity contribution in [1.82, 2.24) is 14.6 Å². The summed E-state index contributed by atoms with van der Waals surface area (Å²) < 4.78 is 2.03. The topological polar surface area (TPSA) is 33.4 Å². The van der Waals surface area contributed by atoms with Crippen LogP contribution in [-0.4, -0.2) is 27.7 Å². The van der Waals surface area contributed by atoms with Crippen molar-refractivity contribution in [3.05, 3.63) is 48.3 Å². The molecule has 25 heavy (non-hydrogen) atoms. The second-order valence-electron chi connectivity index (χ2n) is 7.96. The molecule has 3 aromatic rings. The van der Waals surface area contributed by atoms with E-state index in [1.807, 2.05) is 16.8 Å². The second kappa shape index (κ2) is 6.17. The SMILES string of the molecule is CC(C)(C)c1cc(N2CCCCC2)n2ncc(-c3ccccc3)c2n1. The summed E-state index contributed by atoms with van der Waals surface area (Å²) in [6.45, 7) is 8.88. The molecule has 2 aromatic heterocycles. The van der Waals surface area contributed by atoms with Gasteiger partial charge in [0.25, 0.3) is 0 Å². The van der Waals surface area contributed by atoms with E-state index in [-0.39, 0.29) is 5.41 Å². The first-order chi connectivity index (χ1) is 12.0. The molecule has 1 aliphatic rings. The van der Waals surface area contributed by atoms with Crippen LogP contribution in [0.4, 0.5) is 5.82 Å². The molecule has 4 heteroatoms. The summed E-state index contributed by atoms with van der Waals surface area (Å²) in [4.78, 5) is 7.48. The van der Waals surface area contributed by atoms with Crippen molar-refractivity contribution in [2.45, 2.75) is 45.4 Å². The van der Waals surface area contributed by atoms with Crippen molar-refractivity contribution in [3.8, 4) is 11.1 Å². The number of anilines is 1. The van der Waals surface area contributed by atoms with Gasteiger partial charge in [-0.3, -0.25) is 0 Å². The molecule has 4 nitrogen and oxygen atoms in total. The van der Waals surface area contributed by atoms with Gasteiger partial charge in [0.15, 0.2) is 5.65 Å². The van der Waals surface area contributed by atoms with E-state index >= 15 is 0 Å². The number of hydrogen-bond acceptors (Lipinski definition) is 3. The first kappa shape index (κ1) is 16.1. The molecule has 0 amide bonds. The van der Waals surface area contributed by atoms with Crippen molar-refractivity contribution < 1.29 is 0 Å². The smallest absolute Gasteiger partial charge is 0.165 e. The minimum absolute atomic E-state index is 0.00448. The Balaban J connectivity index is 1.93. The minimum atomic E-state index is 0.00448. The molecule has 0 aliphatic carbocycles. The summed E-state index contributed by atoms with van der Waals surface area (Å²) in [5.41, 5.74) is 4.35. The van der Waals surface area contributed by atoms with Crippen LogP contribution in [0.25, 0.3) is 16.8 Å². The van der Waals surface area contributed by atoms with Crippen LogP contribution < -0.4 is 4.90 Å². The molecule has 0 unspecified atom stereocenters. The summed E-state index contributed by atoms with van der Waals surface area (Å²) in [6, 6.07) is 12.7. The predicted octanol–water partition coefficient (Wildman–Crippen LogP) is 4.68. The Bertz CT molecular complexity index is 868. The second-order valence-corrected chi connectivity index (χ2v) is 7.96. The predicted molar refractivity (Wildman–Crippen MR) is 103 cm³/mol. The van der Waals surface area contributed by atoms with Crippen molar-refractivity contribution in [2.75, 3.05) is 18.0 Å². The maximum Gasteiger partial charge on any atom is 0.165 e. The minimum Gasteiger partial charge on any atom is -0.356 e. The molecule has 3 heterocycles. The Kier molecular flexibility index (Phi) is 3.98. The highest BCUT2D eigenvalue weighted by molar-refractivity contribution is 5.78. The van der Waals surface area contributed by atoms with Crippen molar-refractivity contribution in [3.63, 3.8) is 0 Å². The van der Waals surface area contributed by atoms with Gasteiger partial charge in [-0.15, -0.1) is 0 Å². The van der Waals surface area contributed by atoms with Gasteiger partial charge in [-0.2, -0.15) is 9.61 Å². The largest absolute Gasteiger partial charge is 0.356 e. The van der Waals surface area contributed by atoms with Crippen molar-refractivity contribution in [1.29, 1.82) is 0 Å². The fourth-order valence-electron chi connectivity index (χ4n) is 3.50. The third-order valence-corrected chi connectivity index (χ3v) is 4.99. The van der Waals surface area contributed by atoms with E-state index in [9.17, 15) is 0 Å². The molecule has 0 atom stereocenters. The van der Waals surface area contributed by atoms with E-state index < -0.39 is 0 Å². The zero-order valence-corrected chi connectivity index (χ0v) is 15.4. The van der Waals surface area contributed by atoms with Crippen LogP contribution in [0.2, 0.25) is 0 Å². The normalized spacial score (nSPS) is 15.7. The molecule has 0 bridgehead atoms. The molecule has 1 saturated heterocycles. The van der Waals surface area contributed by atoms with Crippen molar-refractivity contribution in [2.24, 2.45) is 0 Å². The van der Waals surface area contributed by atoms with Crippen LogP contribution in [0.5, 0.6) is 0 Å². The van der Waals surface area contributed by atoms with E-state index in [0.717, 1.165) is 30.0 Å². The molecule has 0 saturated carbocycles.